The molecule has 1 N–H and O–H groups in total. The first kappa shape index (κ1) is 15.6. The largest absolute Gasteiger partial charge is 0.363 e. The summed E-state index contributed by atoms with van der Waals surface area (Å²) in [6.45, 7) is 3.30. The van der Waals surface area contributed by atoms with Gasteiger partial charge in [0, 0.05) is 12.2 Å². The molecule has 1 amide bonds. The Labute approximate surface area is 138 Å². The highest BCUT2D eigenvalue weighted by Crippen LogP contribution is 2.29. The van der Waals surface area contributed by atoms with Gasteiger partial charge < -0.3 is 10.2 Å². The maximum Gasteiger partial charge on any atom is 0.240 e. The van der Waals surface area contributed by atoms with Crippen molar-refractivity contribution in [1.29, 1.82) is 0 Å². The Morgan fingerprint density at radius 2 is 1.87 bits per heavy atom. The second kappa shape index (κ2) is 7.32. The van der Waals surface area contributed by atoms with Crippen molar-refractivity contribution < 1.29 is 4.79 Å². The zero-order valence-corrected chi connectivity index (χ0v) is 13.7. The fourth-order valence-corrected chi connectivity index (χ4v) is 3.34. The van der Waals surface area contributed by atoms with Crippen molar-refractivity contribution >= 4 is 11.6 Å². The minimum atomic E-state index is 0.0948. The number of aryl methyl sites for hydroxylation is 1. The number of fused-ring (bicyclic) bond motifs is 1. The van der Waals surface area contributed by atoms with Crippen LogP contribution in [0.1, 0.15) is 36.9 Å². The van der Waals surface area contributed by atoms with Gasteiger partial charge in [-0.2, -0.15) is 0 Å². The third-order valence-corrected chi connectivity index (χ3v) is 4.54. The Balaban J connectivity index is 1.66. The van der Waals surface area contributed by atoms with E-state index in [1.54, 1.807) is 0 Å². The van der Waals surface area contributed by atoms with Crippen molar-refractivity contribution in [1.82, 2.24) is 5.32 Å². The molecule has 1 unspecified atom stereocenters. The van der Waals surface area contributed by atoms with Crippen LogP contribution in [-0.4, -0.2) is 19.0 Å². The molecule has 2 aromatic rings. The first-order valence-corrected chi connectivity index (χ1v) is 8.45. The van der Waals surface area contributed by atoms with Gasteiger partial charge in [0.1, 0.15) is 0 Å². The first-order chi connectivity index (χ1) is 11.3. The number of carbonyl (C=O) groups is 1. The Morgan fingerprint density at radius 1 is 1.13 bits per heavy atom. The SMILES string of the molecule is CCN(CC(=O)NC1CCCc2ccccc21)c1ccccc1. The van der Waals surface area contributed by atoms with E-state index in [9.17, 15) is 4.79 Å². The number of likely N-dealkylation sites (N-methyl/N-ethyl adjacent to an activating group) is 1. The quantitative estimate of drug-likeness (QED) is 0.913. The number of nitrogens with one attached hydrogen (secondary N) is 1. The predicted octanol–water partition coefficient (Wildman–Crippen LogP) is 3.71. The van der Waals surface area contributed by atoms with Crippen LogP contribution >= 0.6 is 0 Å². The molecule has 1 aliphatic rings. The van der Waals surface area contributed by atoms with E-state index in [0.29, 0.717) is 6.54 Å². The molecule has 23 heavy (non-hydrogen) atoms. The van der Waals surface area contributed by atoms with Crippen molar-refractivity contribution in [3.8, 4) is 0 Å². The third kappa shape index (κ3) is 3.73. The van der Waals surface area contributed by atoms with E-state index in [4.69, 9.17) is 0 Å². The van der Waals surface area contributed by atoms with Gasteiger partial charge in [0.25, 0.3) is 0 Å². The van der Waals surface area contributed by atoms with E-state index in [1.807, 2.05) is 30.3 Å². The lowest BCUT2D eigenvalue weighted by atomic mass is 9.88. The summed E-state index contributed by atoms with van der Waals surface area (Å²) in [5.41, 5.74) is 3.75. The van der Waals surface area contributed by atoms with Crippen LogP contribution in [-0.2, 0) is 11.2 Å². The maximum absolute atomic E-state index is 12.5. The summed E-state index contributed by atoms with van der Waals surface area (Å²) in [4.78, 5) is 14.6. The summed E-state index contributed by atoms with van der Waals surface area (Å²) in [5, 5.41) is 3.23. The number of hydrogen-bond donors (Lipinski definition) is 1. The molecule has 0 fully saturated rings. The van der Waals surface area contributed by atoms with Crippen molar-refractivity contribution in [2.24, 2.45) is 0 Å². The summed E-state index contributed by atoms with van der Waals surface area (Å²) in [5.74, 6) is 0.0948. The Hall–Kier alpha value is -2.29. The first-order valence-electron chi connectivity index (χ1n) is 8.45. The van der Waals surface area contributed by atoms with Crippen molar-refractivity contribution in [3.63, 3.8) is 0 Å². The molecule has 3 heteroatoms. The molecule has 0 radical (unpaired) electrons. The second-order valence-electron chi connectivity index (χ2n) is 6.06. The van der Waals surface area contributed by atoms with Gasteiger partial charge in [-0.25, -0.2) is 0 Å². The van der Waals surface area contributed by atoms with E-state index in [0.717, 1.165) is 31.5 Å². The third-order valence-electron chi connectivity index (χ3n) is 4.54. The van der Waals surface area contributed by atoms with Crippen LogP contribution in [0.5, 0.6) is 0 Å². The topological polar surface area (TPSA) is 32.3 Å². The Morgan fingerprint density at radius 3 is 2.65 bits per heavy atom. The molecule has 0 heterocycles. The average Bonchev–Trinajstić information content (AvgIpc) is 2.61. The maximum atomic E-state index is 12.5. The summed E-state index contributed by atoms with van der Waals surface area (Å²) < 4.78 is 0. The van der Waals surface area contributed by atoms with Crippen molar-refractivity contribution in [2.75, 3.05) is 18.0 Å². The van der Waals surface area contributed by atoms with E-state index in [1.165, 1.54) is 11.1 Å². The van der Waals surface area contributed by atoms with E-state index >= 15 is 0 Å². The summed E-state index contributed by atoms with van der Waals surface area (Å²) >= 11 is 0. The highest BCUT2D eigenvalue weighted by molar-refractivity contribution is 5.81. The van der Waals surface area contributed by atoms with Crippen LogP contribution in [0.4, 0.5) is 5.69 Å². The minimum absolute atomic E-state index is 0.0948. The summed E-state index contributed by atoms with van der Waals surface area (Å²) in [7, 11) is 0. The van der Waals surface area contributed by atoms with E-state index < -0.39 is 0 Å². The minimum Gasteiger partial charge on any atom is -0.363 e. The number of anilines is 1. The standard InChI is InChI=1S/C20H24N2O/c1-2-22(17-11-4-3-5-12-17)15-20(23)21-19-14-8-10-16-9-6-7-13-18(16)19/h3-7,9,11-13,19H,2,8,10,14-15H2,1H3,(H,21,23). The van der Waals surface area contributed by atoms with Crippen LogP contribution in [0.15, 0.2) is 54.6 Å². The number of hydrogen-bond acceptors (Lipinski definition) is 2. The molecule has 3 nitrogen and oxygen atoms in total. The molecule has 0 saturated carbocycles. The van der Waals surface area contributed by atoms with E-state index in [-0.39, 0.29) is 11.9 Å². The lowest BCUT2D eigenvalue weighted by Gasteiger charge is -2.28. The van der Waals surface area contributed by atoms with Gasteiger partial charge >= 0.3 is 0 Å². The van der Waals surface area contributed by atoms with Gasteiger partial charge in [0.05, 0.1) is 12.6 Å². The highest BCUT2D eigenvalue weighted by atomic mass is 16.2. The lowest BCUT2D eigenvalue weighted by Crippen LogP contribution is -2.39. The molecule has 120 valence electrons. The molecule has 1 atom stereocenters. The number of carbonyl (C=O) groups excluding carboxylic acids is 1. The van der Waals surface area contributed by atoms with Crippen molar-refractivity contribution in [2.45, 2.75) is 32.2 Å². The Bertz CT molecular complexity index is 654. The van der Waals surface area contributed by atoms with Gasteiger partial charge in [-0.15, -0.1) is 0 Å². The molecule has 1 aliphatic carbocycles. The van der Waals surface area contributed by atoms with Gasteiger partial charge in [-0.3, -0.25) is 4.79 Å². The predicted molar refractivity (Wildman–Crippen MR) is 94.6 cm³/mol. The fraction of sp³-hybridized carbons (Fsp3) is 0.350. The monoisotopic (exact) mass is 308 g/mol. The Kier molecular flexibility index (Phi) is 4.96. The molecular weight excluding hydrogens is 284 g/mol. The smallest absolute Gasteiger partial charge is 0.240 e. The zero-order chi connectivity index (χ0) is 16.1. The normalized spacial score (nSPS) is 16.5. The molecule has 0 spiro atoms. The number of amides is 1. The molecule has 0 aromatic heterocycles. The van der Waals surface area contributed by atoms with Crippen molar-refractivity contribution in [3.05, 3.63) is 65.7 Å². The highest BCUT2D eigenvalue weighted by Gasteiger charge is 2.22. The number of para-hydroxylation sites is 1. The fourth-order valence-electron chi connectivity index (χ4n) is 3.34. The van der Waals surface area contributed by atoms with E-state index in [2.05, 4.69) is 41.4 Å². The van der Waals surface area contributed by atoms with Gasteiger partial charge in [-0.1, -0.05) is 42.5 Å². The van der Waals surface area contributed by atoms with Gasteiger partial charge in [-0.05, 0) is 49.4 Å². The molecule has 0 aliphatic heterocycles. The van der Waals surface area contributed by atoms with Crippen LogP contribution in [0.2, 0.25) is 0 Å². The molecule has 0 bridgehead atoms. The zero-order valence-electron chi connectivity index (χ0n) is 13.7. The second-order valence-corrected chi connectivity index (χ2v) is 6.06. The number of nitrogens with zero attached hydrogens (tertiary/aromatic N) is 1. The van der Waals surface area contributed by atoms with Gasteiger partial charge in [0.2, 0.25) is 5.91 Å². The summed E-state index contributed by atoms with van der Waals surface area (Å²) in [6.07, 6.45) is 3.28. The molecular formula is C20H24N2O. The lowest BCUT2D eigenvalue weighted by molar-refractivity contribution is -0.120. The molecule has 2 aromatic carbocycles. The van der Waals surface area contributed by atoms with Crippen LogP contribution < -0.4 is 10.2 Å². The summed E-state index contributed by atoms with van der Waals surface area (Å²) in [6, 6.07) is 18.7. The molecule has 0 saturated heterocycles. The molecule has 3 rings (SSSR count). The average molecular weight is 308 g/mol. The van der Waals surface area contributed by atoms with Gasteiger partial charge in [0.15, 0.2) is 0 Å². The number of benzene rings is 2. The van der Waals surface area contributed by atoms with Crippen LogP contribution in [0, 0.1) is 0 Å². The van der Waals surface area contributed by atoms with Crippen LogP contribution in [0.3, 0.4) is 0 Å². The number of rotatable bonds is 5. The van der Waals surface area contributed by atoms with Crippen LogP contribution in [0.25, 0.3) is 0 Å².